The lowest BCUT2D eigenvalue weighted by atomic mass is 10.2. The van der Waals surface area contributed by atoms with Gasteiger partial charge in [0.2, 0.25) is 5.82 Å². The summed E-state index contributed by atoms with van der Waals surface area (Å²) in [5.41, 5.74) is 0.849. The van der Waals surface area contributed by atoms with Crippen molar-refractivity contribution in [3.63, 3.8) is 0 Å². The van der Waals surface area contributed by atoms with Crippen LogP contribution in [0, 0.1) is 0 Å². The highest BCUT2D eigenvalue weighted by Crippen LogP contribution is 2.19. The molecule has 4 heteroatoms. The Hall–Kier alpha value is -1.61. The molecule has 1 heterocycles. The van der Waals surface area contributed by atoms with Crippen molar-refractivity contribution in [2.45, 2.75) is 6.92 Å². The van der Waals surface area contributed by atoms with Gasteiger partial charge in [0.1, 0.15) is 0 Å². The smallest absolute Gasteiger partial charge is 0.250 e. The summed E-state index contributed by atoms with van der Waals surface area (Å²) in [5, 5.41) is 4.51. The van der Waals surface area contributed by atoms with Gasteiger partial charge in [-0.1, -0.05) is 35.0 Å². The standard InChI is InChI=1S/C11H9ClN2O/c1-2-4-10-13-11(14-15-10)8-5-3-6-9(12)7-8/h2-7H,1H3/b4-2+. The van der Waals surface area contributed by atoms with E-state index in [-0.39, 0.29) is 0 Å². The minimum Gasteiger partial charge on any atom is -0.334 e. The van der Waals surface area contributed by atoms with E-state index < -0.39 is 0 Å². The van der Waals surface area contributed by atoms with E-state index in [0.29, 0.717) is 16.7 Å². The quantitative estimate of drug-likeness (QED) is 0.779. The molecule has 76 valence electrons. The highest BCUT2D eigenvalue weighted by molar-refractivity contribution is 6.30. The number of benzene rings is 1. The lowest BCUT2D eigenvalue weighted by molar-refractivity contribution is 0.411. The molecule has 0 unspecified atom stereocenters. The Morgan fingerprint density at radius 2 is 2.27 bits per heavy atom. The zero-order valence-electron chi connectivity index (χ0n) is 8.14. The molecular formula is C11H9ClN2O. The van der Waals surface area contributed by atoms with Crippen molar-refractivity contribution in [2.75, 3.05) is 0 Å². The van der Waals surface area contributed by atoms with Gasteiger partial charge >= 0.3 is 0 Å². The van der Waals surface area contributed by atoms with Crippen molar-refractivity contribution >= 4 is 17.7 Å². The molecule has 2 rings (SSSR count). The minimum atomic E-state index is 0.493. The van der Waals surface area contributed by atoms with Gasteiger partial charge in [-0.15, -0.1) is 0 Å². The first-order valence-electron chi connectivity index (χ1n) is 4.52. The third kappa shape index (κ3) is 2.25. The molecule has 0 aliphatic carbocycles. The summed E-state index contributed by atoms with van der Waals surface area (Å²) in [4.78, 5) is 4.19. The Labute approximate surface area is 92.4 Å². The Balaban J connectivity index is 2.37. The van der Waals surface area contributed by atoms with Gasteiger partial charge in [-0.3, -0.25) is 0 Å². The maximum Gasteiger partial charge on any atom is 0.250 e. The molecule has 0 aliphatic heterocycles. The van der Waals surface area contributed by atoms with Crippen LogP contribution in [0.25, 0.3) is 17.5 Å². The van der Waals surface area contributed by atoms with Gasteiger partial charge in [-0.05, 0) is 25.1 Å². The van der Waals surface area contributed by atoms with E-state index in [0.717, 1.165) is 5.56 Å². The van der Waals surface area contributed by atoms with Gasteiger partial charge in [-0.2, -0.15) is 4.98 Å². The van der Waals surface area contributed by atoms with E-state index in [4.69, 9.17) is 16.1 Å². The molecule has 15 heavy (non-hydrogen) atoms. The maximum absolute atomic E-state index is 5.86. The molecule has 0 saturated carbocycles. The van der Waals surface area contributed by atoms with Crippen molar-refractivity contribution < 1.29 is 4.52 Å². The van der Waals surface area contributed by atoms with E-state index in [1.54, 1.807) is 18.2 Å². The Morgan fingerprint density at radius 1 is 1.40 bits per heavy atom. The second-order valence-corrected chi connectivity index (χ2v) is 3.40. The second kappa shape index (κ2) is 4.28. The van der Waals surface area contributed by atoms with Crippen LogP contribution in [0.1, 0.15) is 12.8 Å². The number of allylic oxidation sites excluding steroid dienone is 1. The molecule has 0 atom stereocenters. The van der Waals surface area contributed by atoms with E-state index in [9.17, 15) is 0 Å². The van der Waals surface area contributed by atoms with Crippen LogP contribution in [0.5, 0.6) is 0 Å². The number of hydrogen-bond acceptors (Lipinski definition) is 3. The third-order valence-corrected chi connectivity index (χ3v) is 2.07. The maximum atomic E-state index is 5.86. The molecule has 0 saturated heterocycles. The van der Waals surface area contributed by atoms with Crippen LogP contribution in [0.15, 0.2) is 34.9 Å². The van der Waals surface area contributed by atoms with Crippen LogP contribution in [0.4, 0.5) is 0 Å². The fraction of sp³-hybridized carbons (Fsp3) is 0.0909. The van der Waals surface area contributed by atoms with Crippen LogP contribution < -0.4 is 0 Å². The lowest BCUT2D eigenvalue weighted by Crippen LogP contribution is -1.79. The van der Waals surface area contributed by atoms with Crippen LogP contribution in [-0.4, -0.2) is 10.1 Å². The molecule has 0 aliphatic rings. The second-order valence-electron chi connectivity index (χ2n) is 2.97. The molecule has 0 N–H and O–H groups in total. The predicted molar refractivity (Wildman–Crippen MR) is 59.5 cm³/mol. The zero-order chi connectivity index (χ0) is 10.7. The van der Waals surface area contributed by atoms with Crippen LogP contribution in [0.2, 0.25) is 5.02 Å². The Bertz CT molecular complexity index is 491. The number of hydrogen-bond donors (Lipinski definition) is 0. The SMILES string of the molecule is C/C=C/c1nc(-c2cccc(Cl)c2)no1. The summed E-state index contributed by atoms with van der Waals surface area (Å²) in [6.07, 6.45) is 3.59. The van der Waals surface area contributed by atoms with Crippen molar-refractivity contribution in [3.05, 3.63) is 41.3 Å². The Morgan fingerprint density at radius 3 is 3.00 bits per heavy atom. The largest absolute Gasteiger partial charge is 0.334 e. The van der Waals surface area contributed by atoms with Crippen molar-refractivity contribution in [1.82, 2.24) is 10.1 Å². The highest BCUT2D eigenvalue weighted by Gasteiger charge is 2.06. The van der Waals surface area contributed by atoms with Gasteiger partial charge in [0.25, 0.3) is 5.89 Å². The fourth-order valence-electron chi connectivity index (χ4n) is 1.19. The molecule has 0 fully saturated rings. The number of rotatable bonds is 2. The molecule has 0 amide bonds. The van der Waals surface area contributed by atoms with Gasteiger partial charge < -0.3 is 4.52 Å². The molecule has 0 spiro atoms. The molecule has 3 nitrogen and oxygen atoms in total. The average molecular weight is 221 g/mol. The highest BCUT2D eigenvalue weighted by atomic mass is 35.5. The van der Waals surface area contributed by atoms with Crippen molar-refractivity contribution in [2.24, 2.45) is 0 Å². The molecule has 0 bridgehead atoms. The van der Waals surface area contributed by atoms with Gasteiger partial charge in [-0.25, -0.2) is 0 Å². The van der Waals surface area contributed by atoms with Crippen LogP contribution in [0.3, 0.4) is 0 Å². The van der Waals surface area contributed by atoms with Crippen molar-refractivity contribution in [3.8, 4) is 11.4 Å². The first-order chi connectivity index (χ1) is 7.29. The normalized spacial score (nSPS) is 11.1. The monoisotopic (exact) mass is 220 g/mol. The first kappa shape index (κ1) is 9.93. The molecule has 1 aromatic heterocycles. The van der Waals surface area contributed by atoms with E-state index in [1.165, 1.54) is 0 Å². The summed E-state index contributed by atoms with van der Waals surface area (Å²) in [7, 11) is 0. The molecule has 1 aromatic carbocycles. The molecule has 2 aromatic rings. The van der Waals surface area contributed by atoms with E-state index in [2.05, 4.69) is 10.1 Å². The lowest BCUT2D eigenvalue weighted by Gasteiger charge is -1.93. The summed E-state index contributed by atoms with van der Waals surface area (Å²) in [6, 6.07) is 7.34. The third-order valence-electron chi connectivity index (χ3n) is 1.83. The topological polar surface area (TPSA) is 38.9 Å². The average Bonchev–Trinajstić information content (AvgIpc) is 2.67. The predicted octanol–water partition coefficient (Wildman–Crippen LogP) is 3.42. The minimum absolute atomic E-state index is 0.493. The van der Waals surface area contributed by atoms with Gasteiger partial charge in [0.15, 0.2) is 0 Å². The number of halogens is 1. The van der Waals surface area contributed by atoms with E-state index in [1.807, 2.05) is 25.1 Å². The first-order valence-corrected chi connectivity index (χ1v) is 4.90. The van der Waals surface area contributed by atoms with Gasteiger partial charge in [0, 0.05) is 10.6 Å². The summed E-state index contributed by atoms with van der Waals surface area (Å²) in [5.74, 6) is 1.04. The molecule has 0 radical (unpaired) electrons. The Kier molecular flexibility index (Phi) is 2.83. The van der Waals surface area contributed by atoms with Crippen LogP contribution in [-0.2, 0) is 0 Å². The number of nitrogens with zero attached hydrogens (tertiary/aromatic N) is 2. The fourth-order valence-corrected chi connectivity index (χ4v) is 1.38. The van der Waals surface area contributed by atoms with E-state index >= 15 is 0 Å². The zero-order valence-corrected chi connectivity index (χ0v) is 8.90. The summed E-state index contributed by atoms with van der Waals surface area (Å²) in [6.45, 7) is 1.89. The summed E-state index contributed by atoms with van der Waals surface area (Å²) >= 11 is 5.86. The molecular weight excluding hydrogens is 212 g/mol. The van der Waals surface area contributed by atoms with Crippen LogP contribution >= 0.6 is 11.6 Å². The summed E-state index contributed by atoms with van der Waals surface area (Å²) < 4.78 is 5.01. The van der Waals surface area contributed by atoms with Crippen molar-refractivity contribution in [1.29, 1.82) is 0 Å². The van der Waals surface area contributed by atoms with Gasteiger partial charge in [0.05, 0.1) is 0 Å². The number of aromatic nitrogens is 2.